The van der Waals surface area contributed by atoms with E-state index in [1.165, 1.54) is 13.1 Å². The van der Waals surface area contributed by atoms with Crippen molar-refractivity contribution in [2.45, 2.75) is 6.92 Å². The molecule has 0 saturated heterocycles. The van der Waals surface area contributed by atoms with Gasteiger partial charge in [0, 0.05) is 17.5 Å². The summed E-state index contributed by atoms with van der Waals surface area (Å²) >= 11 is 0. The Labute approximate surface area is 93.4 Å². The number of nitrogens with zero attached hydrogens (tertiary/aromatic N) is 1. The number of anilines is 1. The lowest BCUT2D eigenvalue weighted by molar-refractivity contribution is -0.132. The van der Waals surface area contributed by atoms with E-state index in [0.29, 0.717) is 5.69 Å². The van der Waals surface area contributed by atoms with Crippen LogP contribution in [0.25, 0.3) is 0 Å². The Kier molecular flexibility index (Phi) is 4.10. The molecule has 0 fully saturated rings. The summed E-state index contributed by atoms with van der Waals surface area (Å²) in [5, 5.41) is 27.0. The second kappa shape index (κ2) is 5.34. The Morgan fingerprint density at radius 3 is 2.31 bits per heavy atom. The highest BCUT2D eigenvalue weighted by molar-refractivity contribution is 6.47. The molecule has 0 bridgehead atoms. The number of carboxylic acids is 1. The molecule has 0 amide bonds. The molecule has 0 aliphatic rings. The average molecular weight is 221 g/mol. The van der Waals surface area contributed by atoms with Crippen molar-refractivity contribution in [3.8, 4) is 0 Å². The van der Waals surface area contributed by atoms with Crippen LogP contribution in [0.15, 0.2) is 42.1 Å². The van der Waals surface area contributed by atoms with Crippen LogP contribution in [-0.4, -0.2) is 28.4 Å². The van der Waals surface area contributed by atoms with Gasteiger partial charge in [-0.15, -0.1) is 0 Å². The van der Waals surface area contributed by atoms with Crippen molar-refractivity contribution in [2.75, 3.05) is 4.81 Å². The number of hydrogen-bond acceptors (Lipinski definition) is 4. The molecule has 84 valence electrons. The lowest BCUT2D eigenvalue weighted by Gasteiger charge is -2.19. The lowest BCUT2D eigenvalue weighted by atomic mass is 10.0. The van der Waals surface area contributed by atoms with Crippen molar-refractivity contribution in [3.05, 3.63) is 42.1 Å². The predicted molar refractivity (Wildman–Crippen MR) is 60.5 cm³/mol. The topological polar surface area (TPSA) is 81.0 Å². The van der Waals surface area contributed by atoms with Gasteiger partial charge in [0.1, 0.15) is 0 Å². The highest BCUT2D eigenvalue weighted by Crippen LogP contribution is 2.15. The van der Waals surface area contributed by atoms with Gasteiger partial charge in [0.15, 0.2) is 0 Å². The SMILES string of the molecule is C/C(=C\N(B(O)O)c1ccccc1)C(=O)O. The lowest BCUT2D eigenvalue weighted by Crippen LogP contribution is -2.36. The van der Waals surface area contributed by atoms with Gasteiger partial charge in [0.05, 0.1) is 0 Å². The van der Waals surface area contributed by atoms with Crippen LogP contribution in [-0.2, 0) is 4.79 Å². The fourth-order valence-electron chi connectivity index (χ4n) is 1.14. The monoisotopic (exact) mass is 221 g/mol. The summed E-state index contributed by atoms with van der Waals surface area (Å²) in [6.07, 6.45) is 1.17. The maximum absolute atomic E-state index is 10.6. The first-order valence-electron chi connectivity index (χ1n) is 4.63. The van der Waals surface area contributed by atoms with Crippen LogP contribution in [0.2, 0.25) is 0 Å². The Hall–Kier alpha value is -1.79. The largest absolute Gasteiger partial charge is 0.592 e. The minimum Gasteiger partial charge on any atom is -0.478 e. The maximum Gasteiger partial charge on any atom is 0.592 e. The van der Waals surface area contributed by atoms with E-state index in [-0.39, 0.29) is 5.57 Å². The van der Waals surface area contributed by atoms with Crippen LogP contribution in [0.1, 0.15) is 6.92 Å². The highest BCUT2D eigenvalue weighted by Gasteiger charge is 2.20. The van der Waals surface area contributed by atoms with Crippen molar-refractivity contribution in [2.24, 2.45) is 0 Å². The van der Waals surface area contributed by atoms with Gasteiger partial charge < -0.3 is 20.0 Å². The summed E-state index contributed by atoms with van der Waals surface area (Å²) in [7, 11) is -1.78. The van der Waals surface area contributed by atoms with Crippen LogP contribution in [0.3, 0.4) is 0 Å². The van der Waals surface area contributed by atoms with Gasteiger partial charge in [-0.05, 0) is 19.1 Å². The van der Waals surface area contributed by atoms with Crippen LogP contribution < -0.4 is 4.81 Å². The molecule has 0 unspecified atom stereocenters. The van der Waals surface area contributed by atoms with Crippen LogP contribution in [0.4, 0.5) is 5.69 Å². The molecule has 1 rings (SSSR count). The fraction of sp³-hybridized carbons (Fsp3) is 0.100. The summed E-state index contributed by atoms with van der Waals surface area (Å²) in [4.78, 5) is 11.7. The normalized spacial score (nSPS) is 11.1. The number of benzene rings is 1. The number of aliphatic carboxylic acids is 1. The highest BCUT2D eigenvalue weighted by atomic mass is 16.4. The summed E-state index contributed by atoms with van der Waals surface area (Å²) in [5.41, 5.74) is 0.509. The molecule has 16 heavy (non-hydrogen) atoms. The molecule has 5 nitrogen and oxygen atoms in total. The average Bonchev–Trinajstić information content (AvgIpc) is 2.26. The molecular formula is C10H12BNO4. The molecule has 0 radical (unpaired) electrons. The number of hydrogen-bond donors (Lipinski definition) is 3. The third-order valence-corrected chi connectivity index (χ3v) is 1.97. The minimum absolute atomic E-state index is 0.0111. The van der Waals surface area contributed by atoms with Crippen LogP contribution >= 0.6 is 0 Å². The zero-order valence-electron chi connectivity index (χ0n) is 8.74. The standard InChI is InChI=1S/C10H12BNO4/c1-8(10(13)14)7-12(11(15)16)9-5-3-2-4-6-9/h2-7,15-16H,1H3,(H,13,14)/b8-7+. The third kappa shape index (κ3) is 3.11. The molecule has 3 N–H and O–H groups in total. The molecule has 6 heteroatoms. The zero-order valence-corrected chi connectivity index (χ0v) is 8.74. The van der Waals surface area contributed by atoms with Gasteiger partial charge in [-0.1, -0.05) is 18.2 Å². The molecule has 1 aromatic rings. The van der Waals surface area contributed by atoms with Gasteiger partial charge in [-0.25, -0.2) is 4.79 Å². The first kappa shape index (κ1) is 12.3. The molecule has 0 atom stereocenters. The van der Waals surface area contributed by atoms with E-state index in [2.05, 4.69) is 0 Å². The summed E-state index contributed by atoms with van der Waals surface area (Å²) < 4.78 is 0. The van der Waals surface area contributed by atoms with Gasteiger partial charge in [0.25, 0.3) is 0 Å². The Morgan fingerprint density at radius 1 is 1.31 bits per heavy atom. The molecular weight excluding hydrogens is 209 g/mol. The van der Waals surface area contributed by atoms with E-state index in [4.69, 9.17) is 15.2 Å². The van der Waals surface area contributed by atoms with Crippen molar-refractivity contribution >= 4 is 18.9 Å². The van der Waals surface area contributed by atoms with E-state index in [1.807, 2.05) is 0 Å². The van der Waals surface area contributed by atoms with Crippen LogP contribution in [0.5, 0.6) is 0 Å². The van der Waals surface area contributed by atoms with Crippen LogP contribution in [0, 0.1) is 0 Å². The van der Waals surface area contributed by atoms with Crippen molar-refractivity contribution in [1.82, 2.24) is 0 Å². The van der Waals surface area contributed by atoms with Gasteiger partial charge in [-0.3, -0.25) is 0 Å². The molecule has 0 spiro atoms. The zero-order chi connectivity index (χ0) is 12.1. The Balaban J connectivity index is 3.02. The minimum atomic E-state index is -1.78. The van der Waals surface area contributed by atoms with E-state index in [9.17, 15) is 4.79 Å². The van der Waals surface area contributed by atoms with Crippen molar-refractivity contribution < 1.29 is 19.9 Å². The fourth-order valence-corrected chi connectivity index (χ4v) is 1.14. The first-order chi connectivity index (χ1) is 7.52. The van der Waals surface area contributed by atoms with Gasteiger partial charge in [0.2, 0.25) is 0 Å². The number of para-hydroxylation sites is 1. The molecule has 0 heterocycles. The molecule has 0 aromatic heterocycles. The Bertz CT molecular complexity index is 391. The second-order valence-electron chi connectivity index (χ2n) is 3.21. The number of carbonyl (C=O) groups is 1. The summed E-state index contributed by atoms with van der Waals surface area (Å²) in [5.74, 6) is -1.11. The first-order valence-corrected chi connectivity index (χ1v) is 4.63. The Morgan fingerprint density at radius 2 is 1.88 bits per heavy atom. The van der Waals surface area contributed by atoms with Gasteiger partial charge >= 0.3 is 13.2 Å². The summed E-state index contributed by atoms with van der Waals surface area (Å²) in [6, 6.07) is 8.50. The quantitative estimate of drug-likeness (QED) is 0.508. The summed E-state index contributed by atoms with van der Waals surface area (Å²) in [6.45, 7) is 1.38. The van der Waals surface area contributed by atoms with E-state index in [1.54, 1.807) is 30.3 Å². The van der Waals surface area contributed by atoms with Gasteiger partial charge in [-0.2, -0.15) is 0 Å². The number of carboxylic acid groups (broad SMARTS) is 1. The molecule has 0 aliphatic heterocycles. The van der Waals surface area contributed by atoms with E-state index in [0.717, 1.165) is 4.81 Å². The maximum atomic E-state index is 10.6. The molecule has 1 aromatic carbocycles. The number of rotatable bonds is 4. The molecule has 0 aliphatic carbocycles. The third-order valence-electron chi connectivity index (χ3n) is 1.97. The van der Waals surface area contributed by atoms with E-state index >= 15 is 0 Å². The van der Waals surface area contributed by atoms with Crippen molar-refractivity contribution in [3.63, 3.8) is 0 Å². The predicted octanol–water partition coefficient (Wildman–Crippen LogP) is 0.451. The second-order valence-corrected chi connectivity index (χ2v) is 3.21. The van der Waals surface area contributed by atoms with Crippen molar-refractivity contribution in [1.29, 1.82) is 0 Å². The molecule has 0 saturated carbocycles. The van der Waals surface area contributed by atoms with E-state index < -0.39 is 13.2 Å². The smallest absolute Gasteiger partial charge is 0.478 e.